The van der Waals surface area contributed by atoms with E-state index in [1.807, 2.05) is 55.3 Å². The number of aromatic nitrogens is 4. The molecule has 78 heavy (non-hydrogen) atoms. The molecule has 10 aromatic rings. The summed E-state index contributed by atoms with van der Waals surface area (Å²) in [5.74, 6) is 2.14. The van der Waals surface area contributed by atoms with Crippen LogP contribution in [0.4, 0.5) is 5.69 Å². The van der Waals surface area contributed by atoms with Crippen LogP contribution in [-0.4, -0.2) is 18.6 Å². The van der Waals surface area contributed by atoms with Crippen LogP contribution in [0.15, 0.2) is 169 Å². The lowest BCUT2D eigenvalue weighted by Crippen LogP contribution is -2.31. The Labute approximate surface area is 472 Å². The molecule has 0 saturated carbocycles. The molecule has 0 fully saturated rings. The Hall–Kier alpha value is -7.70. The van der Waals surface area contributed by atoms with Crippen LogP contribution in [0.25, 0.3) is 66.2 Å². The van der Waals surface area contributed by atoms with E-state index in [9.17, 15) is 10.1 Å². The van der Waals surface area contributed by atoms with Crippen LogP contribution >= 0.6 is 34.5 Å². The molecule has 0 bridgehead atoms. The molecule has 1 aliphatic carbocycles. The molecule has 0 saturated heterocycles. The summed E-state index contributed by atoms with van der Waals surface area (Å²) in [6.45, 7) is 11.0. The number of rotatable bonds is 9. The van der Waals surface area contributed by atoms with Crippen molar-refractivity contribution in [1.29, 1.82) is 0 Å². The minimum absolute atomic E-state index is 0.118. The van der Waals surface area contributed by atoms with Crippen molar-refractivity contribution in [2.75, 3.05) is 13.7 Å². The van der Waals surface area contributed by atoms with Crippen LogP contribution in [0, 0.1) is 37.8 Å². The highest BCUT2D eigenvalue weighted by Crippen LogP contribution is 2.38. The minimum Gasteiger partial charge on any atom is -0.488 e. The van der Waals surface area contributed by atoms with Crippen LogP contribution in [0.1, 0.15) is 52.7 Å². The molecule has 6 heterocycles. The molecule has 0 atom stereocenters. The van der Waals surface area contributed by atoms with Crippen molar-refractivity contribution < 1.29 is 37.1 Å². The molecule has 0 N–H and O–H groups in total. The second-order valence-electron chi connectivity index (χ2n) is 19.4. The number of pyridine rings is 4. The largest absolute Gasteiger partial charge is 0.488 e. The average Bonchev–Trinajstić information content (AvgIpc) is 4.04. The van der Waals surface area contributed by atoms with Crippen molar-refractivity contribution in [2.24, 2.45) is 28.2 Å². The van der Waals surface area contributed by atoms with Gasteiger partial charge < -0.3 is 13.9 Å². The monoisotopic (exact) mass is 1100 g/mol. The summed E-state index contributed by atoms with van der Waals surface area (Å²) in [5.41, 5.74) is 17.2. The van der Waals surface area contributed by atoms with Gasteiger partial charge in [0.1, 0.15) is 44.0 Å². The molecule has 0 amide bonds. The molecule has 0 spiro atoms. The summed E-state index contributed by atoms with van der Waals surface area (Å²) in [6, 6.07) is 47.3. The second-order valence-corrected chi connectivity index (χ2v) is 21.5. The number of hydrogen-bond acceptors (Lipinski definition) is 6. The number of nitrogens with zero attached hydrogens (tertiary/aromatic N) is 5. The van der Waals surface area contributed by atoms with Gasteiger partial charge in [0.05, 0.1) is 41.9 Å². The van der Waals surface area contributed by atoms with Gasteiger partial charge in [0.15, 0.2) is 24.3 Å². The molecule has 6 aromatic heterocycles. The predicted molar refractivity (Wildman–Crippen MR) is 315 cm³/mol. The standard InChI is InChI=1S/C19H24NO.C19H18N.C15H13N2O2S.C12H12Cl2NO2/c1-4-21-17-9-10-19(20(3)13-17)18-12-16-8-6-5-7-15(16)11-14(18)2;1-15-14-17(16-8-4-3-5-9-16)11-12-18(15)19-10-6-7-13-20(19)2;1-10-15(12-5-3-4-6-14(12)20-10)13-9-11(17(18)19)7-8-16(13)2;1-7-9(5-11(16-3)17-7)12-10(14)4-8(13)6-15(12)2/h9-13H,4-8H2,1-3H3;3-14H,1-2H3;3-9H,1-2H3;4-6H,1-3H3/q4*+1. The fourth-order valence-corrected chi connectivity index (χ4v) is 11.8. The topological polar surface area (TPSA) is 90.3 Å². The van der Waals surface area contributed by atoms with Gasteiger partial charge in [-0.2, -0.15) is 9.13 Å². The van der Waals surface area contributed by atoms with Gasteiger partial charge in [-0.1, -0.05) is 89.9 Å². The molecule has 13 heteroatoms. The Morgan fingerprint density at radius 2 is 1.32 bits per heavy atom. The van der Waals surface area contributed by atoms with Gasteiger partial charge in [0.2, 0.25) is 29.0 Å². The van der Waals surface area contributed by atoms with Crippen LogP contribution < -0.4 is 27.7 Å². The molecule has 0 radical (unpaired) electrons. The molecule has 0 unspecified atom stereocenters. The van der Waals surface area contributed by atoms with E-state index in [1.54, 1.807) is 48.5 Å². The second kappa shape index (κ2) is 25.6. The fraction of sp³-hybridized carbons (Fsp3) is 0.231. The third kappa shape index (κ3) is 13.2. The number of fused-ring (bicyclic) bond motifs is 2. The zero-order valence-electron chi connectivity index (χ0n) is 46.1. The SMILES string of the molecule is CCOc1ccc(-c2cc3c(cc2C)CCCC3)[n+](C)c1.COc1cc(-c2c(Cl)cc(Cl)c[n+]2C)c(C)o1.Cc1cc(-c2ccccc2)ccc1-c1cccc[n+]1C.Cc1sc2ccccc2c1-c1cc([N+](=O)[O-])cc[n+]1C. The maximum Gasteiger partial charge on any atom is 0.285 e. The number of thiophene rings is 1. The highest BCUT2D eigenvalue weighted by molar-refractivity contribution is 7.19. The lowest BCUT2D eigenvalue weighted by Gasteiger charge is -2.18. The third-order valence-electron chi connectivity index (χ3n) is 13.9. The number of halogens is 2. The number of benzene rings is 4. The average molecular weight is 1100 g/mol. The predicted octanol–water partition coefficient (Wildman–Crippen LogP) is 14.9. The summed E-state index contributed by atoms with van der Waals surface area (Å²) >= 11 is 13.8. The maximum absolute atomic E-state index is 11.0. The number of nitro groups is 1. The molecule has 0 aliphatic heterocycles. The van der Waals surface area contributed by atoms with Crippen molar-refractivity contribution in [2.45, 2.75) is 60.3 Å². The van der Waals surface area contributed by atoms with Crippen LogP contribution in [-0.2, 0) is 41.0 Å². The first-order chi connectivity index (χ1) is 37.5. The van der Waals surface area contributed by atoms with Crippen molar-refractivity contribution >= 4 is 50.3 Å². The first-order valence-corrected chi connectivity index (χ1v) is 27.6. The Bertz CT molecular complexity index is 3740. The highest BCUT2D eigenvalue weighted by Gasteiger charge is 2.24. The number of furan rings is 1. The van der Waals surface area contributed by atoms with Crippen LogP contribution in [0.3, 0.4) is 0 Å². The molecule has 10 nitrogen and oxygen atoms in total. The first-order valence-electron chi connectivity index (χ1n) is 26.0. The van der Waals surface area contributed by atoms with E-state index in [1.165, 1.54) is 91.7 Å². The summed E-state index contributed by atoms with van der Waals surface area (Å²) in [6.07, 6.45) is 12.8. The molecule has 398 valence electrons. The van der Waals surface area contributed by atoms with E-state index in [2.05, 4.69) is 160 Å². The zero-order valence-corrected chi connectivity index (χ0v) is 48.4. The van der Waals surface area contributed by atoms with Gasteiger partial charge in [-0.3, -0.25) is 10.1 Å². The van der Waals surface area contributed by atoms with E-state index < -0.39 is 0 Å². The molecule has 11 rings (SSSR count). The highest BCUT2D eigenvalue weighted by atomic mass is 35.5. The van der Waals surface area contributed by atoms with E-state index in [0.29, 0.717) is 22.6 Å². The summed E-state index contributed by atoms with van der Waals surface area (Å²) in [4.78, 5) is 11.8. The number of methoxy groups -OCH3 is 1. The van der Waals surface area contributed by atoms with Gasteiger partial charge in [-0.15, -0.1) is 11.3 Å². The van der Waals surface area contributed by atoms with Gasteiger partial charge in [-0.05, 0) is 130 Å². The number of aryl methyl sites for hydroxylation is 10. The number of hydrogen-bond donors (Lipinski definition) is 0. The minimum atomic E-state index is -0.354. The molecular weight excluding hydrogens is 1030 g/mol. The van der Waals surface area contributed by atoms with E-state index >= 15 is 0 Å². The van der Waals surface area contributed by atoms with E-state index in [0.717, 1.165) is 39.4 Å². The normalized spacial score (nSPS) is 11.5. The Morgan fingerprint density at radius 3 is 1.99 bits per heavy atom. The van der Waals surface area contributed by atoms with Gasteiger partial charge in [0, 0.05) is 50.4 Å². The number of ether oxygens (including phenoxy) is 2. The van der Waals surface area contributed by atoms with Crippen LogP contribution in [0.2, 0.25) is 10.0 Å². The lowest BCUT2D eigenvalue weighted by atomic mass is 9.87. The fourth-order valence-electron chi connectivity index (χ4n) is 10.0. The summed E-state index contributed by atoms with van der Waals surface area (Å²) in [7, 11) is 9.53. The van der Waals surface area contributed by atoms with Gasteiger partial charge in [-0.25, -0.2) is 9.13 Å². The Morgan fingerprint density at radius 1 is 0.641 bits per heavy atom. The van der Waals surface area contributed by atoms with E-state index in [-0.39, 0.29) is 10.6 Å². The Kier molecular flexibility index (Phi) is 18.6. The summed E-state index contributed by atoms with van der Waals surface area (Å²) in [5, 5.41) is 13.3. The third-order valence-corrected chi connectivity index (χ3v) is 15.5. The molecule has 4 aromatic carbocycles. The van der Waals surface area contributed by atoms with Gasteiger partial charge in [0.25, 0.3) is 11.6 Å². The smallest absolute Gasteiger partial charge is 0.285 e. The maximum atomic E-state index is 11.0. The van der Waals surface area contributed by atoms with Crippen molar-refractivity contribution in [3.05, 3.63) is 217 Å². The first kappa shape index (κ1) is 56.5. The lowest BCUT2D eigenvalue weighted by molar-refractivity contribution is -0.660. The van der Waals surface area contributed by atoms with Crippen molar-refractivity contribution in [3.8, 4) is 67.9 Å². The van der Waals surface area contributed by atoms with Gasteiger partial charge >= 0.3 is 0 Å². The molecule has 1 aliphatic rings. The van der Waals surface area contributed by atoms with Crippen LogP contribution in [0.5, 0.6) is 11.7 Å². The quantitative estimate of drug-likeness (QED) is 0.0816. The van der Waals surface area contributed by atoms with E-state index in [4.69, 9.17) is 37.1 Å². The van der Waals surface area contributed by atoms with Crippen molar-refractivity contribution in [1.82, 2.24) is 0 Å². The Balaban J connectivity index is 0.000000138. The molecular formula is C65H67Cl2N5O5S+4. The zero-order chi connectivity index (χ0) is 55.6. The summed E-state index contributed by atoms with van der Waals surface area (Å²) < 4.78 is 25.4. The van der Waals surface area contributed by atoms with Crippen molar-refractivity contribution in [3.63, 3.8) is 0 Å².